The van der Waals surface area contributed by atoms with Gasteiger partial charge in [0, 0.05) is 49.9 Å². The number of ether oxygens (including phenoxy) is 1. The average molecular weight is 447 g/mol. The smallest absolute Gasteiger partial charge is 0.236 e. The molecular formula is C26H27FN4O2. The molecule has 170 valence electrons. The van der Waals surface area contributed by atoms with Crippen molar-refractivity contribution in [3.8, 4) is 5.75 Å². The first-order valence-electron chi connectivity index (χ1n) is 11.1. The first-order valence-corrected chi connectivity index (χ1v) is 11.1. The number of nitrogens with zero attached hydrogens (tertiary/aromatic N) is 3. The summed E-state index contributed by atoms with van der Waals surface area (Å²) in [6, 6.07) is 13.3. The van der Waals surface area contributed by atoms with E-state index < -0.39 is 0 Å². The summed E-state index contributed by atoms with van der Waals surface area (Å²) in [5.41, 5.74) is 6.01. The Morgan fingerprint density at radius 1 is 1.24 bits per heavy atom. The zero-order chi connectivity index (χ0) is 23.1. The number of halogens is 1. The molecule has 4 aromatic rings. The lowest BCUT2D eigenvalue weighted by Gasteiger charge is -2.29. The number of pyridine rings is 1. The van der Waals surface area contributed by atoms with Crippen molar-refractivity contribution in [2.45, 2.75) is 19.4 Å². The molecule has 0 radical (unpaired) electrons. The number of para-hydroxylation sites is 1. The zero-order valence-corrected chi connectivity index (χ0v) is 19.1. The molecule has 0 bridgehead atoms. The van der Waals surface area contributed by atoms with Crippen LogP contribution in [0.3, 0.4) is 0 Å². The first-order chi connectivity index (χ1) is 15.9. The van der Waals surface area contributed by atoms with E-state index in [4.69, 9.17) is 9.72 Å². The average Bonchev–Trinajstić information content (AvgIpc) is 3.19. The van der Waals surface area contributed by atoms with Crippen LogP contribution in [0.5, 0.6) is 5.75 Å². The number of methoxy groups -OCH3 is 1. The van der Waals surface area contributed by atoms with Gasteiger partial charge in [0.25, 0.3) is 0 Å². The van der Waals surface area contributed by atoms with E-state index in [1.165, 1.54) is 29.5 Å². The number of aromatic amines is 1. The number of fused-ring (bicyclic) bond motifs is 5. The Morgan fingerprint density at radius 3 is 2.82 bits per heavy atom. The number of rotatable bonds is 5. The molecule has 0 saturated heterocycles. The van der Waals surface area contributed by atoms with Crippen LogP contribution in [-0.2, 0) is 24.2 Å². The van der Waals surface area contributed by atoms with Gasteiger partial charge in [-0.2, -0.15) is 0 Å². The van der Waals surface area contributed by atoms with E-state index in [0.717, 1.165) is 41.0 Å². The number of nitrogens with one attached hydrogen (secondary N) is 1. The topological polar surface area (TPSA) is 61.5 Å². The van der Waals surface area contributed by atoms with E-state index in [9.17, 15) is 9.18 Å². The van der Waals surface area contributed by atoms with Gasteiger partial charge in [-0.25, -0.2) is 4.39 Å². The second-order valence-corrected chi connectivity index (χ2v) is 8.80. The molecule has 1 N–H and O–H groups in total. The lowest BCUT2D eigenvalue weighted by Crippen LogP contribution is -2.39. The van der Waals surface area contributed by atoms with Crippen molar-refractivity contribution in [2.24, 2.45) is 0 Å². The number of benzene rings is 2. The molecule has 33 heavy (non-hydrogen) atoms. The highest BCUT2D eigenvalue weighted by atomic mass is 19.1. The van der Waals surface area contributed by atoms with Gasteiger partial charge < -0.3 is 14.6 Å². The number of hydrogen-bond donors (Lipinski definition) is 1. The molecular weight excluding hydrogens is 419 g/mol. The van der Waals surface area contributed by atoms with Gasteiger partial charge in [-0.1, -0.05) is 24.3 Å². The molecule has 2 aromatic heterocycles. The summed E-state index contributed by atoms with van der Waals surface area (Å²) in [6.07, 6.45) is 1.33. The maximum Gasteiger partial charge on any atom is 0.236 e. The highest BCUT2D eigenvalue weighted by Gasteiger charge is 2.25. The second kappa shape index (κ2) is 8.48. The Bertz CT molecular complexity index is 1360. The summed E-state index contributed by atoms with van der Waals surface area (Å²) in [5.74, 6) is -0.0658. The van der Waals surface area contributed by atoms with Gasteiger partial charge in [0.1, 0.15) is 0 Å². The molecule has 5 rings (SSSR count). The molecule has 3 heterocycles. The van der Waals surface area contributed by atoms with Crippen LogP contribution in [-0.4, -0.2) is 60.0 Å². The van der Waals surface area contributed by atoms with E-state index in [0.29, 0.717) is 19.5 Å². The largest absolute Gasteiger partial charge is 0.494 e. The molecule has 0 unspecified atom stereocenters. The normalized spacial score (nSPS) is 13.9. The third-order valence-electron chi connectivity index (χ3n) is 6.41. The Hall–Kier alpha value is -3.45. The van der Waals surface area contributed by atoms with Crippen LogP contribution < -0.4 is 4.74 Å². The molecule has 1 amide bonds. The van der Waals surface area contributed by atoms with Crippen LogP contribution in [0.1, 0.15) is 22.5 Å². The Labute approximate surface area is 192 Å². The van der Waals surface area contributed by atoms with Gasteiger partial charge in [-0.3, -0.25) is 14.7 Å². The van der Waals surface area contributed by atoms with Crippen molar-refractivity contribution in [3.05, 3.63) is 70.8 Å². The monoisotopic (exact) mass is 446 g/mol. The second-order valence-electron chi connectivity index (χ2n) is 8.80. The fourth-order valence-corrected chi connectivity index (χ4v) is 4.67. The van der Waals surface area contributed by atoms with E-state index in [1.807, 2.05) is 18.2 Å². The molecule has 7 heteroatoms. The first kappa shape index (κ1) is 21.4. The Balaban J connectivity index is 1.60. The van der Waals surface area contributed by atoms with Crippen LogP contribution in [0.15, 0.2) is 42.5 Å². The van der Waals surface area contributed by atoms with E-state index in [1.54, 1.807) is 25.1 Å². The van der Waals surface area contributed by atoms with Gasteiger partial charge in [0.2, 0.25) is 5.91 Å². The lowest BCUT2D eigenvalue weighted by molar-refractivity contribution is -0.130. The maximum atomic E-state index is 14.3. The molecule has 1 aliphatic rings. The van der Waals surface area contributed by atoms with Gasteiger partial charge >= 0.3 is 0 Å². The number of carbonyl (C=O) groups excluding carboxylic acids is 1. The van der Waals surface area contributed by atoms with Crippen LogP contribution in [0.25, 0.3) is 21.8 Å². The maximum absolute atomic E-state index is 14.3. The SMILES string of the molecule is COc1ccc(Cc2nc3c(c4c2[nH]c2ccccc24)CCN(CC(=O)N(C)C)C3)cc1F. The minimum Gasteiger partial charge on any atom is -0.494 e. The fraction of sp³-hybridized carbons (Fsp3) is 0.308. The molecule has 1 aliphatic heterocycles. The molecule has 2 aromatic carbocycles. The number of likely N-dealkylation sites (N-methyl/N-ethyl adjacent to an activating group) is 1. The Kier molecular flexibility index (Phi) is 5.50. The van der Waals surface area contributed by atoms with Crippen molar-refractivity contribution in [1.82, 2.24) is 19.8 Å². The van der Waals surface area contributed by atoms with Crippen LogP contribution in [0.2, 0.25) is 0 Å². The van der Waals surface area contributed by atoms with Crippen molar-refractivity contribution < 1.29 is 13.9 Å². The molecule has 0 aliphatic carbocycles. The number of amides is 1. The van der Waals surface area contributed by atoms with Crippen LogP contribution >= 0.6 is 0 Å². The van der Waals surface area contributed by atoms with Gasteiger partial charge in [0.15, 0.2) is 11.6 Å². The third kappa shape index (κ3) is 3.93. The quantitative estimate of drug-likeness (QED) is 0.505. The highest BCUT2D eigenvalue weighted by Crippen LogP contribution is 2.35. The van der Waals surface area contributed by atoms with Gasteiger partial charge in [-0.05, 0) is 35.7 Å². The third-order valence-corrected chi connectivity index (χ3v) is 6.41. The summed E-state index contributed by atoms with van der Waals surface area (Å²) >= 11 is 0. The van der Waals surface area contributed by atoms with E-state index in [2.05, 4.69) is 22.0 Å². The predicted molar refractivity (Wildman–Crippen MR) is 127 cm³/mol. The Morgan fingerprint density at radius 2 is 2.06 bits per heavy atom. The van der Waals surface area contributed by atoms with Crippen LogP contribution in [0.4, 0.5) is 4.39 Å². The van der Waals surface area contributed by atoms with Crippen molar-refractivity contribution >= 4 is 27.7 Å². The highest BCUT2D eigenvalue weighted by molar-refractivity contribution is 6.10. The minimum absolute atomic E-state index is 0.0838. The van der Waals surface area contributed by atoms with Gasteiger partial charge in [0.05, 0.1) is 30.6 Å². The number of hydrogen-bond acceptors (Lipinski definition) is 4. The van der Waals surface area contributed by atoms with E-state index >= 15 is 0 Å². The molecule has 6 nitrogen and oxygen atoms in total. The van der Waals surface area contributed by atoms with Crippen molar-refractivity contribution in [2.75, 3.05) is 34.3 Å². The summed E-state index contributed by atoms with van der Waals surface area (Å²) in [4.78, 5) is 24.7. The summed E-state index contributed by atoms with van der Waals surface area (Å²) < 4.78 is 19.4. The lowest BCUT2D eigenvalue weighted by atomic mass is 9.96. The molecule has 0 saturated carbocycles. The number of carbonyl (C=O) groups is 1. The number of aromatic nitrogens is 2. The molecule has 0 fully saturated rings. The van der Waals surface area contributed by atoms with Crippen LogP contribution in [0, 0.1) is 5.82 Å². The fourth-order valence-electron chi connectivity index (χ4n) is 4.67. The predicted octanol–water partition coefficient (Wildman–Crippen LogP) is 3.90. The van der Waals surface area contributed by atoms with Crippen molar-refractivity contribution in [1.29, 1.82) is 0 Å². The number of H-pyrrole nitrogens is 1. The molecule has 0 atom stereocenters. The standard InChI is InChI=1S/C26H27FN4O2/c1-30(2)24(32)15-31-11-10-18-22(14-31)28-21(13-16-8-9-23(33-3)19(27)12-16)26-25(18)17-6-4-5-7-20(17)29-26/h4-9,12,29H,10-11,13-15H2,1-3H3. The molecule has 0 spiro atoms. The van der Waals surface area contributed by atoms with Gasteiger partial charge in [-0.15, -0.1) is 0 Å². The summed E-state index contributed by atoms with van der Waals surface area (Å²) in [5, 5.41) is 2.37. The minimum atomic E-state index is -0.380. The summed E-state index contributed by atoms with van der Waals surface area (Å²) in [7, 11) is 5.02. The van der Waals surface area contributed by atoms with Crippen molar-refractivity contribution in [3.63, 3.8) is 0 Å². The summed E-state index contributed by atoms with van der Waals surface area (Å²) in [6.45, 7) is 1.80. The van der Waals surface area contributed by atoms with E-state index in [-0.39, 0.29) is 17.5 Å². The zero-order valence-electron chi connectivity index (χ0n) is 19.1.